The van der Waals surface area contributed by atoms with E-state index < -0.39 is 10.9 Å². The number of benzene rings is 3. The van der Waals surface area contributed by atoms with Crippen LogP contribution in [0.5, 0.6) is 23.0 Å². The second kappa shape index (κ2) is 9.45. The summed E-state index contributed by atoms with van der Waals surface area (Å²) >= 11 is 0. The molecule has 0 bridgehead atoms. The van der Waals surface area contributed by atoms with Gasteiger partial charge in [-0.25, -0.2) is 4.79 Å². The molecule has 0 atom stereocenters. The van der Waals surface area contributed by atoms with Crippen LogP contribution in [0, 0.1) is 17.0 Å². The normalized spacial score (nSPS) is 11.0. The van der Waals surface area contributed by atoms with Crippen molar-refractivity contribution in [2.24, 2.45) is 0 Å². The predicted molar refractivity (Wildman–Crippen MR) is 113 cm³/mol. The van der Waals surface area contributed by atoms with Crippen LogP contribution in [-0.2, 0) is 9.53 Å². The Hall–Kier alpha value is -4.33. The first-order valence-electron chi connectivity index (χ1n) is 9.16. The van der Waals surface area contributed by atoms with Crippen molar-refractivity contribution >= 4 is 17.2 Å². The molecule has 8 heteroatoms. The molecule has 0 aliphatic heterocycles. The minimum atomic E-state index is -1.16. The van der Waals surface area contributed by atoms with Gasteiger partial charge in [-0.15, -0.1) is 0 Å². The van der Waals surface area contributed by atoms with Gasteiger partial charge in [-0.2, -0.15) is 0 Å². The van der Waals surface area contributed by atoms with Crippen LogP contribution in [-0.4, -0.2) is 23.1 Å². The lowest BCUT2D eigenvalue weighted by atomic mass is 10.1. The Labute approximate surface area is 178 Å². The lowest BCUT2D eigenvalue weighted by Gasteiger charge is -2.16. The van der Waals surface area contributed by atoms with Crippen molar-refractivity contribution in [2.75, 3.05) is 7.11 Å². The zero-order valence-corrected chi connectivity index (χ0v) is 16.8. The van der Waals surface area contributed by atoms with Gasteiger partial charge in [0, 0.05) is 17.7 Å². The standard InChI is InChI=1S/C23H19NO7/c1-15-6-5-9-21(22(15)30-17-12-10-16(11-13-17)24(27)28)31-20-8-4-3-7-18(20)19(14-29-2)23(25)26/h3-14H,1-2H3,(H,25,26)/b19-14+. The number of non-ortho nitro benzene ring substituents is 1. The molecule has 31 heavy (non-hydrogen) atoms. The van der Waals surface area contributed by atoms with Gasteiger partial charge in [0.25, 0.3) is 5.69 Å². The maximum Gasteiger partial charge on any atom is 0.339 e. The Bertz CT molecular complexity index is 1140. The molecular weight excluding hydrogens is 402 g/mol. The van der Waals surface area contributed by atoms with Crippen molar-refractivity contribution in [1.29, 1.82) is 0 Å². The fourth-order valence-electron chi connectivity index (χ4n) is 2.83. The van der Waals surface area contributed by atoms with Gasteiger partial charge in [-0.3, -0.25) is 10.1 Å². The average Bonchev–Trinajstić information content (AvgIpc) is 2.75. The van der Waals surface area contributed by atoms with Crippen molar-refractivity contribution in [3.8, 4) is 23.0 Å². The van der Waals surface area contributed by atoms with Gasteiger partial charge in [0.05, 0.1) is 18.3 Å². The highest BCUT2D eigenvalue weighted by Crippen LogP contribution is 2.39. The Morgan fingerprint density at radius 1 is 0.968 bits per heavy atom. The van der Waals surface area contributed by atoms with E-state index in [1.54, 1.807) is 36.4 Å². The molecule has 0 saturated carbocycles. The minimum absolute atomic E-state index is 0.0475. The fourth-order valence-corrected chi connectivity index (χ4v) is 2.83. The third kappa shape index (κ3) is 4.99. The summed E-state index contributed by atoms with van der Waals surface area (Å²) in [5.41, 5.74) is 0.983. The van der Waals surface area contributed by atoms with E-state index in [2.05, 4.69) is 0 Å². The predicted octanol–water partition coefficient (Wildman–Crippen LogP) is 5.56. The first-order chi connectivity index (χ1) is 14.9. The van der Waals surface area contributed by atoms with Crippen LogP contribution in [0.25, 0.3) is 5.57 Å². The van der Waals surface area contributed by atoms with Crippen molar-refractivity contribution in [3.05, 3.63) is 94.2 Å². The van der Waals surface area contributed by atoms with Gasteiger partial charge < -0.3 is 19.3 Å². The van der Waals surface area contributed by atoms with Gasteiger partial charge in [0.2, 0.25) is 0 Å². The Morgan fingerprint density at radius 2 is 1.65 bits per heavy atom. The molecule has 8 nitrogen and oxygen atoms in total. The third-order valence-corrected chi connectivity index (χ3v) is 4.31. The molecule has 0 heterocycles. The molecule has 158 valence electrons. The van der Waals surface area contributed by atoms with Crippen LogP contribution in [0.1, 0.15) is 11.1 Å². The van der Waals surface area contributed by atoms with Crippen LogP contribution in [0.2, 0.25) is 0 Å². The maximum atomic E-state index is 11.7. The molecular formula is C23H19NO7. The molecule has 3 aromatic rings. The molecule has 0 saturated heterocycles. The number of aryl methyl sites for hydroxylation is 1. The van der Waals surface area contributed by atoms with Crippen molar-refractivity contribution in [2.45, 2.75) is 6.92 Å². The number of nitro benzene ring substituents is 1. The van der Waals surface area contributed by atoms with Crippen LogP contribution < -0.4 is 9.47 Å². The first kappa shape index (κ1) is 21.4. The number of nitro groups is 1. The summed E-state index contributed by atoms with van der Waals surface area (Å²) in [5, 5.41) is 20.4. The number of carboxylic acids is 1. The SMILES string of the molecule is CO/C=C(/C(=O)O)c1ccccc1Oc1cccc(C)c1Oc1ccc([N+](=O)[O-])cc1. The molecule has 3 aromatic carbocycles. The van der Waals surface area contributed by atoms with Crippen LogP contribution >= 0.6 is 0 Å². The van der Waals surface area contributed by atoms with Gasteiger partial charge in [-0.1, -0.05) is 30.3 Å². The number of hydrogen-bond acceptors (Lipinski definition) is 6. The number of carbonyl (C=O) groups is 1. The minimum Gasteiger partial charge on any atom is -0.503 e. The molecule has 0 unspecified atom stereocenters. The van der Waals surface area contributed by atoms with Gasteiger partial charge in [0.1, 0.15) is 17.1 Å². The van der Waals surface area contributed by atoms with Gasteiger partial charge >= 0.3 is 5.97 Å². The van der Waals surface area contributed by atoms with Crippen LogP contribution in [0.4, 0.5) is 5.69 Å². The Balaban J connectivity index is 1.97. The molecule has 0 radical (unpaired) electrons. The summed E-state index contributed by atoms with van der Waals surface area (Å²) in [6.07, 6.45) is 1.13. The number of methoxy groups -OCH3 is 1. The molecule has 0 aliphatic carbocycles. The monoisotopic (exact) mass is 421 g/mol. The largest absolute Gasteiger partial charge is 0.503 e. The highest BCUT2D eigenvalue weighted by atomic mass is 16.6. The van der Waals surface area contributed by atoms with Crippen molar-refractivity contribution < 1.29 is 29.0 Å². The summed E-state index contributed by atoms with van der Waals surface area (Å²) in [6, 6.07) is 17.6. The summed E-state index contributed by atoms with van der Waals surface area (Å²) in [4.78, 5) is 22.0. The van der Waals surface area contributed by atoms with E-state index >= 15 is 0 Å². The molecule has 0 spiro atoms. The van der Waals surface area contributed by atoms with E-state index in [9.17, 15) is 20.0 Å². The van der Waals surface area contributed by atoms with Gasteiger partial charge in [-0.05, 0) is 36.8 Å². The number of para-hydroxylation sites is 2. The summed E-state index contributed by atoms with van der Waals surface area (Å²) < 4.78 is 16.9. The van der Waals surface area contributed by atoms with Gasteiger partial charge in [0.15, 0.2) is 11.5 Å². The molecule has 0 amide bonds. The lowest BCUT2D eigenvalue weighted by molar-refractivity contribution is -0.384. The third-order valence-electron chi connectivity index (χ3n) is 4.31. The highest BCUT2D eigenvalue weighted by molar-refractivity contribution is 6.15. The zero-order chi connectivity index (χ0) is 22.4. The average molecular weight is 421 g/mol. The second-order valence-electron chi connectivity index (χ2n) is 6.43. The van der Waals surface area contributed by atoms with E-state index in [4.69, 9.17) is 14.2 Å². The van der Waals surface area contributed by atoms with Crippen molar-refractivity contribution in [3.63, 3.8) is 0 Å². The topological polar surface area (TPSA) is 108 Å². The molecule has 0 aromatic heterocycles. The number of aliphatic carboxylic acids is 1. The number of carboxylic acid groups (broad SMARTS) is 1. The number of hydrogen-bond donors (Lipinski definition) is 1. The molecule has 0 fully saturated rings. The highest BCUT2D eigenvalue weighted by Gasteiger charge is 2.18. The molecule has 3 rings (SSSR count). The summed E-state index contributed by atoms with van der Waals surface area (Å²) in [6.45, 7) is 1.83. The molecule has 0 aliphatic rings. The maximum absolute atomic E-state index is 11.7. The fraction of sp³-hybridized carbons (Fsp3) is 0.0870. The van der Waals surface area contributed by atoms with E-state index in [-0.39, 0.29) is 11.3 Å². The number of rotatable bonds is 8. The molecule has 1 N–H and O–H groups in total. The van der Waals surface area contributed by atoms with E-state index in [1.165, 1.54) is 31.4 Å². The summed E-state index contributed by atoms with van der Waals surface area (Å²) in [7, 11) is 1.36. The second-order valence-corrected chi connectivity index (χ2v) is 6.43. The summed E-state index contributed by atoms with van der Waals surface area (Å²) in [5.74, 6) is 0.284. The zero-order valence-electron chi connectivity index (χ0n) is 16.8. The smallest absolute Gasteiger partial charge is 0.339 e. The Kier molecular flexibility index (Phi) is 6.51. The lowest BCUT2D eigenvalue weighted by Crippen LogP contribution is -2.02. The van der Waals surface area contributed by atoms with E-state index in [1.807, 2.05) is 13.0 Å². The first-order valence-corrected chi connectivity index (χ1v) is 9.16. The number of nitrogens with zero attached hydrogens (tertiary/aromatic N) is 1. The van der Waals surface area contributed by atoms with Crippen molar-refractivity contribution in [1.82, 2.24) is 0 Å². The van der Waals surface area contributed by atoms with Crippen LogP contribution in [0.3, 0.4) is 0 Å². The Morgan fingerprint density at radius 3 is 2.29 bits per heavy atom. The van der Waals surface area contributed by atoms with E-state index in [0.717, 1.165) is 11.8 Å². The van der Waals surface area contributed by atoms with Crippen LogP contribution in [0.15, 0.2) is 73.0 Å². The quantitative estimate of drug-likeness (QED) is 0.219. The van der Waals surface area contributed by atoms with E-state index in [0.29, 0.717) is 28.6 Å². The number of ether oxygens (including phenoxy) is 3.